The third kappa shape index (κ3) is 1.98. The third-order valence-corrected chi connectivity index (χ3v) is 4.16. The SMILES string of the molecule is Cc1nc[se]c1CC(O)c1ccoc1. The molecule has 0 spiro atoms. The van der Waals surface area contributed by atoms with Crippen molar-refractivity contribution >= 4 is 14.5 Å². The van der Waals surface area contributed by atoms with E-state index in [1.165, 1.54) is 4.44 Å². The Morgan fingerprint density at radius 3 is 3.07 bits per heavy atom. The number of aliphatic hydroxyl groups is 1. The van der Waals surface area contributed by atoms with Gasteiger partial charge in [-0.05, 0) is 0 Å². The van der Waals surface area contributed by atoms with Crippen molar-refractivity contribution in [2.75, 3.05) is 0 Å². The van der Waals surface area contributed by atoms with Gasteiger partial charge < -0.3 is 0 Å². The van der Waals surface area contributed by atoms with E-state index < -0.39 is 6.10 Å². The molecule has 1 N–H and O–H groups in total. The van der Waals surface area contributed by atoms with E-state index in [9.17, 15) is 5.11 Å². The molecular weight excluding hydrogens is 245 g/mol. The van der Waals surface area contributed by atoms with Gasteiger partial charge in [-0.1, -0.05) is 0 Å². The zero-order valence-corrected chi connectivity index (χ0v) is 9.52. The fourth-order valence-corrected chi connectivity index (χ4v) is 2.99. The molecule has 14 heavy (non-hydrogen) atoms. The molecule has 2 aromatic heterocycles. The molecule has 0 fully saturated rings. The standard InChI is InChI=1S/C10H11NO2Se/c1-7-10(14-6-11-7)4-9(12)8-2-3-13-5-8/h2-3,5-6,9,12H,4H2,1H3. The molecule has 0 aliphatic carbocycles. The molecule has 74 valence electrons. The van der Waals surface area contributed by atoms with Crippen molar-refractivity contribution in [2.45, 2.75) is 19.4 Å². The van der Waals surface area contributed by atoms with Crippen LogP contribution in [0.1, 0.15) is 21.8 Å². The maximum absolute atomic E-state index is 9.85. The van der Waals surface area contributed by atoms with Crippen molar-refractivity contribution in [3.05, 3.63) is 39.4 Å². The van der Waals surface area contributed by atoms with Gasteiger partial charge in [0, 0.05) is 0 Å². The van der Waals surface area contributed by atoms with E-state index in [-0.39, 0.29) is 0 Å². The summed E-state index contributed by atoms with van der Waals surface area (Å²) >= 11 is 0.328. The van der Waals surface area contributed by atoms with Crippen LogP contribution >= 0.6 is 0 Å². The molecule has 2 aromatic rings. The van der Waals surface area contributed by atoms with Crippen molar-refractivity contribution in [1.29, 1.82) is 0 Å². The van der Waals surface area contributed by atoms with Gasteiger partial charge in [-0.15, -0.1) is 0 Å². The van der Waals surface area contributed by atoms with Crippen molar-refractivity contribution < 1.29 is 9.52 Å². The van der Waals surface area contributed by atoms with Crippen LogP contribution in [-0.4, -0.2) is 24.6 Å². The number of aromatic nitrogens is 1. The predicted octanol–water partition coefficient (Wildman–Crippen LogP) is 1.32. The summed E-state index contributed by atoms with van der Waals surface area (Å²) in [6.07, 6.45) is 3.38. The van der Waals surface area contributed by atoms with Crippen LogP contribution in [0, 0.1) is 6.92 Å². The number of nitrogens with zero attached hydrogens (tertiary/aromatic N) is 1. The second-order valence-corrected chi connectivity index (χ2v) is 5.11. The molecule has 0 aromatic carbocycles. The van der Waals surface area contributed by atoms with E-state index in [2.05, 4.69) is 4.98 Å². The summed E-state index contributed by atoms with van der Waals surface area (Å²) in [6, 6.07) is 1.80. The topological polar surface area (TPSA) is 46.3 Å². The Morgan fingerprint density at radius 1 is 1.64 bits per heavy atom. The summed E-state index contributed by atoms with van der Waals surface area (Å²) < 4.78 is 6.19. The molecular formula is C10H11NO2Se. The van der Waals surface area contributed by atoms with Crippen molar-refractivity contribution in [2.24, 2.45) is 0 Å². The summed E-state index contributed by atoms with van der Waals surface area (Å²) in [7, 11) is 0. The molecule has 4 heteroatoms. The monoisotopic (exact) mass is 257 g/mol. The Balaban J connectivity index is 2.09. The van der Waals surface area contributed by atoms with Gasteiger partial charge in [-0.25, -0.2) is 0 Å². The van der Waals surface area contributed by atoms with Gasteiger partial charge in [0.25, 0.3) is 0 Å². The van der Waals surface area contributed by atoms with Crippen molar-refractivity contribution in [3.63, 3.8) is 0 Å². The minimum atomic E-state index is -0.456. The second kappa shape index (κ2) is 4.13. The van der Waals surface area contributed by atoms with Crippen LogP contribution in [0.25, 0.3) is 0 Å². The van der Waals surface area contributed by atoms with Crippen LogP contribution in [0.2, 0.25) is 0 Å². The summed E-state index contributed by atoms with van der Waals surface area (Å²) in [4.78, 5) is 4.20. The third-order valence-electron chi connectivity index (χ3n) is 2.15. The van der Waals surface area contributed by atoms with Crippen LogP contribution in [0.15, 0.2) is 28.1 Å². The Hall–Kier alpha value is -0.831. The van der Waals surface area contributed by atoms with E-state index >= 15 is 0 Å². The number of hydrogen-bond acceptors (Lipinski definition) is 3. The fourth-order valence-electron chi connectivity index (χ4n) is 1.28. The van der Waals surface area contributed by atoms with Crippen LogP contribution in [0.4, 0.5) is 0 Å². The van der Waals surface area contributed by atoms with Crippen LogP contribution in [-0.2, 0) is 6.42 Å². The molecule has 1 atom stereocenters. The molecule has 0 aliphatic rings. The first-order valence-electron chi connectivity index (χ1n) is 4.36. The van der Waals surface area contributed by atoms with Crippen molar-refractivity contribution in [3.8, 4) is 0 Å². The minimum absolute atomic E-state index is 0.328. The van der Waals surface area contributed by atoms with Gasteiger partial charge in [0.15, 0.2) is 0 Å². The summed E-state index contributed by atoms with van der Waals surface area (Å²) in [5, 5.41) is 11.8. The normalized spacial score (nSPS) is 13.0. The molecule has 0 bridgehead atoms. The van der Waals surface area contributed by atoms with E-state index in [1.54, 1.807) is 18.6 Å². The van der Waals surface area contributed by atoms with E-state index in [0.717, 1.165) is 11.3 Å². The first-order chi connectivity index (χ1) is 6.77. The maximum atomic E-state index is 9.85. The fraction of sp³-hybridized carbons (Fsp3) is 0.300. The van der Waals surface area contributed by atoms with Gasteiger partial charge >= 0.3 is 87.8 Å². The van der Waals surface area contributed by atoms with E-state index in [1.807, 2.05) is 12.0 Å². The molecule has 0 aliphatic heterocycles. The van der Waals surface area contributed by atoms with Gasteiger partial charge in [-0.2, -0.15) is 0 Å². The van der Waals surface area contributed by atoms with Crippen LogP contribution in [0.3, 0.4) is 0 Å². The van der Waals surface area contributed by atoms with E-state index in [4.69, 9.17) is 4.42 Å². The Kier molecular flexibility index (Phi) is 2.87. The number of furan rings is 1. The first kappa shape index (κ1) is 9.71. The molecule has 3 nitrogen and oxygen atoms in total. The molecule has 2 heterocycles. The molecule has 2 rings (SSSR count). The Morgan fingerprint density at radius 2 is 2.50 bits per heavy atom. The van der Waals surface area contributed by atoms with Crippen LogP contribution < -0.4 is 0 Å². The van der Waals surface area contributed by atoms with E-state index in [0.29, 0.717) is 20.9 Å². The van der Waals surface area contributed by atoms with Gasteiger partial charge in [0.2, 0.25) is 0 Å². The number of hydrogen-bond donors (Lipinski definition) is 1. The zero-order valence-electron chi connectivity index (χ0n) is 7.80. The number of aryl methyl sites for hydroxylation is 1. The first-order valence-corrected chi connectivity index (χ1v) is 6.21. The summed E-state index contributed by atoms with van der Waals surface area (Å²) in [6.45, 7) is 1.99. The Labute approximate surface area is 88.1 Å². The average Bonchev–Trinajstić information content (AvgIpc) is 2.77. The van der Waals surface area contributed by atoms with Crippen molar-refractivity contribution in [1.82, 2.24) is 4.98 Å². The molecule has 0 amide bonds. The molecule has 0 saturated heterocycles. The van der Waals surface area contributed by atoms with Crippen LogP contribution in [0.5, 0.6) is 0 Å². The second-order valence-electron chi connectivity index (χ2n) is 3.14. The number of aliphatic hydroxyl groups excluding tert-OH is 1. The predicted molar refractivity (Wildman–Crippen MR) is 53.3 cm³/mol. The van der Waals surface area contributed by atoms with Gasteiger partial charge in [-0.3, -0.25) is 0 Å². The van der Waals surface area contributed by atoms with Gasteiger partial charge in [0.1, 0.15) is 0 Å². The Bertz CT molecular complexity index is 394. The average molecular weight is 256 g/mol. The summed E-state index contributed by atoms with van der Waals surface area (Å²) in [5.41, 5.74) is 1.90. The molecule has 0 saturated carbocycles. The number of rotatable bonds is 3. The van der Waals surface area contributed by atoms with Gasteiger partial charge in [0.05, 0.1) is 0 Å². The molecule has 0 radical (unpaired) electrons. The quantitative estimate of drug-likeness (QED) is 0.842. The summed E-state index contributed by atoms with van der Waals surface area (Å²) in [5.74, 6) is 0. The zero-order chi connectivity index (χ0) is 9.97. The molecule has 1 unspecified atom stereocenters.